The van der Waals surface area contributed by atoms with Crippen LogP contribution in [0.4, 0.5) is 11.4 Å². The molecule has 1 amide bonds. The Bertz CT molecular complexity index is 958. The molecule has 0 saturated carbocycles. The first-order valence-electron chi connectivity index (χ1n) is 9.21. The number of nitrogens with one attached hydrogen (secondary N) is 2. The van der Waals surface area contributed by atoms with Crippen LogP contribution in [0.2, 0.25) is 5.02 Å². The fourth-order valence-corrected chi connectivity index (χ4v) is 4.38. The molecule has 158 valence electrons. The molecule has 2 aromatic carbocycles. The molecule has 0 aliphatic rings. The summed E-state index contributed by atoms with van der Waals surface area (Å²) in [5.41, 5.74) is 1.99. The topological polar surface area (TPSA) is 87.7 Å². The van der Waals surface area contributed by atoms with E-state index in [0.717, 1.165) is 5.56 Å². The maximum absolute atomic E-state index is 12.5. The number of sulfonamides is 1. The molecular formula is C20H26ClN3O4S. The van der Waals surface area contributed by atoms with Crippen molar-refractivity contribution in [1.29, 1.82) is 0 Å². The van der Waals surface area contributed by atoms with E-state index in [0.29, 0.717) is 35.2 Å². The maximum Gasteiger partial charge on any atom is 0.243 e. The van der Waals surface area contributed by atoms with E-state index in [2.05, 4.69) is 10.6 Å². The number of halogens is 1. The van der Waals surface area contributed by atoms with Crippen molar-refractivity contribution in [1.82, 2.24) is 4.31 Å². The number of benzene rings is 2. The van der Waals surface area contributed by atoms with E-state index in [-0.39, 0.29) is 17.3 Å². The highest BCUT2D eigenvalue weighted by Crippen LogP contribution is 2.30. The van der Waals surface area contributed by atoms with Crippen LogP contribution in [0.3, 0.4) is 0 Å². The number of methoxy groups -OCH3 is 1. The van der Waals surface area contributed by atoms with Gasteiger partial charge in [-0.2, -0.15) is 4.31 Å². The number of amides is 1. The van der Waals surface area contributed by atoms with Gasteiger partial charge in [-0.15, -0.1) is 0 Å². The molecule has 0 aliphatic carbocycles. The van der Waals surface area contributed by atoms with Crippen molar-refractivity contribution in [3.8, 4) is 5.75 Å². The number of rotatable bonds is 9. The van der Waals surface area contributed by atoms with Gasteiger partial charge in [-0.1, -0.05) is 25.4 Å². The Morgan fingerprint density at radius 1 is 1.14 bits per heavy atom. The predicted octanol–water partition coefficient (Wildman–Crippen LogP) is 3.74. The molecule has 2 N–H and O–H groups in total. The smallest absolute Gasteiger partial charge is 0.243 e. The van der Waals surface area contributed by atoms with E-state index in [1.165, 1.54) is 23.5 Å². The third-order valence-corrected chi connectivity index (χ3v) is 6.88. The third-order valence-electron chi connectivity index (χ3n) is 4.41. The van der Waals surface area contributed by atoms with Gasteiger partial charge in [-0.05, 0) is 42.8 Å². The molecule has 0 atom stereocenters. The first kappa shape index (κ1) is 23.0. The fourth-order valence-electron chi connectivity index (χ4n) is 2.76. The van der Waals surface area contributed by atoms with E-state index in [4.69, 9.17) is 16.3 Å². The van der Waals surface area contributed by atoms with Gasteiger partial charge in [0.05, 0.1) is 24.2 Å². The maximum atomic E-state index is 12.5. The Kier molecular flexibility index (Phi) is 7.89. The molecule has 0 saturated heterocycles. The number of carbonyl (C=O) groups excluding carboxylic acids is 1. The van der Waals surface area contributed by atoms with E-state index in [1.54, 1.807) is 38.1 Å². The number of anilines is 2. The number of hydrogen-bond donors (Lipinski definition) is 2. The molecule has 7 nitrogen and oxygen atoms in total. The highest BCUT2D eigenvalue weighted by molar-refractivity contribution is 7.89. The summed E-state index contributed by atoms with van der Waals surface area (Å²) >= 11 is 6.07. The number of aryl methyl sites for hydroxylation is 1. The summed E-state index contributed by atoms with van der Waals surface area (Å²) in [4.78, 5) is 12.5. The Hall–Kier alpha value is -2.29. The van der Waals surface area contributed by atoms with Crippen molar-refractivity contribution in [3.05, 3.63) is 47.0 Å². The minimum Gasteiger partial charge on any atom is -0.495 e. The molecule has 2 rings (SSSR count). The summed E-state index contributed by atoms with van der Waals surface area (Å²) in [6.07, 6.45) is 0. The van der Waals surface area contributed by atoms with E-state index < -0.39 is 10.0 Å². The molecule has 0 aromatic heterocycles. The van der Waals surface area contributed by atoms with E-state index >= 15 is 0 Å². The van der Waals surface area contributed by atoms with Crippen LogP contribution in [0.5, 0.6) is 5.75 Å². The molecular weight excluding hydrogens is 414 g/mol. The molecule has 29 heavy (non-hydrogen) atoms. The van der Waals surface area contributed by atoms with Gasteiger partial charge in [0.2, 0.25) is 15.9 Å². The number of nitrogens with zero attached hydrogens (tertiary/aromatic N) is 1. The second-order valence-corrected chi connectivity index (χ2v) is 8.66. The lowest BCUT2D eigenvalue weighted by Gasteiger charge is -2.18. The van der Waals surface area contributed by atoms with Crippen molar-refractivity contribution < 1.29 is 17.9 Å². The van der Waals surface area contributed by atoms with Crippen LogP contribution >= 0.6 is 11.6 Å². The van der Waals surface area contributed by atoms with Gasteiger partial charge >= 0.3 is 0 Å². The average molecular weight is 440 g/mol. The largest absolute Gasteiger partial charge is 0.495 e. The number of ether oxygens (including phenoxy) is 1. The summed E-state index contributed by atoms with van der Waals surface area (Å²) in [7, 11) is -2.00. The molecule has 0 heterocycles. The van der Waals surface area contributed by atoms with Crippen LogP contribution in [0.1, 0.15) is 19.4 Å². The van der Waals surface area contributed by atoms with Gasteiger partial charge in [0.25, 0.3) is 0 Å². The fraction of sp³-hybridized carbons (Fsp3) is 0.350. The summed E-state index contributed by atoms with van der Waals surface area (Å²) in [6.45, 7) is 6.26. The standard InChI is InChI=1S/C20H26ClN3O4S/c1-5-24(6-2)29(26,27)16-9-7-15(8-10-16)22-13-20(25)23-18-11-14(3)17(21)12-19(18)28-4/h7-12,22H,5-6,13H2,1-4H3,(H,23,25). The van der Waals surface area contributed by atoms with Gasteiger partial charge in [0, 0.05) is 29.9 Å². The van der Waals surface area contributed by atoms with Crippen LogP contribution in [0.25, 0.3) is 0 Å². The van der Waals surface area contributed by atoms with Gasteiger partial charge in [-0.25, -0.2) is 8.42 Å². The molecule has 0 spiro atoms. The Labute approximate surface area is 177 Å². The Morgan fingerprint density at radius 2 is 1.76 bits per heavy atom. The van der Waals surface area contributed by atoms with Crippen LogP contribution in [0, 0.1) is 6.92 Å². The van der Waals surface area contributed by atoms with Crippen LogP contribution in [-0.4, -0.2) is 45.4 Å². The second-order valence-electron chi connectivity index (χ2n) is 6.32. The number of carbonyl (C=O) groups is 1. The average Bonchev–Trinajstić information content (AvgIpc) is 2.70. The molecule has 9 heteroatoms. The van der Waals surface area contributed by atoms with E-state index in [9.17, 15) is 13.2 Å². The minimum absolute atomic E-state index is 0.00691. The van der Waals surface area contributed by atoms with Gasteiger partial charge < -0.3 is 15.4 Å². The third kappa shape index (κ3) is 5.62. The molecule has 0 fully saturated rings. The van der Waals surface area contributed by atoms with Gasteiger partial charge in [-0.3, -0.25) is 4.79 Å². The summed E-state index contributed by atoms with van der Waals surface area (Å²) in [5, 5.41) is 6.31. The van der Waals surface area contributed by atoms with Gasteiger partial charge in [0.1, 0.15) is 5.75 Å². The lowest BCUT2D eigenvalue weighted by atomic mass is 10.2. The van der Waals surface area contributed by atoms with Crippen molar-refractivity contribution in [2.45, 2.75) is 25.7 Å². The number of hydrogen-bond acceptors (Lipinski definition) is 5. The first-order valence-corrected chi connectivity index (χ1v) is 11.0. The lowest BCUT2D eigenvalue weighted by molar-refractivity contribution is -0.114. The molecule has 0 bridgehead atoms. The van der Waals surface area contributed by atoms with Crippen molar-refractivity contribution in [2.24, 2.45) is 0 Å². The summed E-state index contributed by atoms with van der Waals surface area (Å²) in [6, 6.07) is 9.72. The summed E-state index contributed by atoms with van der Waals surface area (Å²) < 4.78 is 31.7. The first-order chi connectivity index (χ1) is 13.7. The predicted molar refractivity (Wildman–Crippen MR) is 116 cm³/mol. The highest BCUT2D eigenvalue weighted by Gasteiger charge is 2.21. The van der Waals surface area contributed by atoms with Crippen LogP contribution in [0.15, 0.2) is 41.3 Å². The minimum atomic E-state index is -3.50. The monoisotopic (exact) mass is 439 g/mol. The molecule has 2 aromatic rings. The summed E-state index contributed by atoms with van der Waals surface area (Å²) in [5.74, 6) is 0.199. The zero-order valence-corrected chi connectivity index (χ0v) is 18.5. The van der Waals surface area contributed by atoms with Gasteiger partial charge in [0.15, 0.2) is 0 Å². The highest BCUT2D eigenvalue weighted by atomic mass is 35.5. The van der Waals surface area contributed by atoms with Crippen LogP contribution in [-0.2, 0) is 14.8 Å². The SMILES string of the molecule is CCN(CC)S(=O)(=O)c1ccc(NCC(=O)Nc2cc(C)c(Cl)cc2OC)cc1. The van der Waals surface area contributed by atoms with Crippen LogP contribution < -0.4 is 15.4 Å². The second kappa shape index (κ2) is 9.96. The zero-order valence-electron chi connectivity index (χ0n) is 17.0. The Morgan fingerprint density at radius 3 is 2.31 bits per heavy atom. The van der Waals surface area contributed by atoms with Crippen molar-refractivity contribution >= 4 is 38.9 Å². The molecule has 0 aliphatic heterocycles. The van der Waals surface area contributed by atoms with E-state index in [1.807, 2.05) is 6.92 Å². The molecule has 0 radical (unpaired) electrons. The zero-order chi connectivity index (χ0) is 21.6. The quantitative estimate of drug-likeness (QED) is 0.621. The normalized spacial score (nSPS) is 11.4. The Balaban J connectivity index is 2.02. The van der Waals surface area contributed by atoms with Crippen molar-refractivity contribution in [3.63, 3.8) is 0 Å². The molecule has 0 unspecified atom stereocenters. The van der Waals surface area contributed by atoms with Crippen molar-refractivity contribution in [2.75, 3.05) is 37.4 Å². The lowest BCUT2D eigenvalue weighted by Crippen LogP contribution is -2.30.